The fourth-order valence-electron chi connectivity index (χ4n) is 2.63. The standard InChI is InChI=1S/C12H10BrNO3/c1-5-2-3-6-9(8(5)13)14-11(17)12(6)4-7(12)10(15)16/h2-3,7H,4H2,1H3,(H,14,17)(H,15,16). The minimum Gasteiger partial charge on any atom is -0.481 e. The fraction of sp³-hybridized carbons (Fsp3) is 0.333. The Morgan fingerprint density at radius 2 is 2.29 bits per heavy atom. The first-order chi connectivity index (χ1) is 7.98. The normalized spacial score (nSPS) is 29.1. The largest absolute Gasteiger partial charge is 0.481 e. The lowest BCUT2D eigenvalue weighted by Gasteiger charge is -2.08. The maximum atomic E-state index is 12.0. The van der Waals surface area contributed by atoms with Crippen molar-refractivity contribution < 1.29 is 14.7 Å². The number of nitrogens with one attached hydrogen (secondary N) is 1. The molecule has 1 aromatic rings. The van der Waals surface area contributed by atoms with Crippen molar-refractivity contribution in [2.45, 2.75) is 18.8 Å². The summed E-state index contributed by atoms with van der Waals surface area (Å²) < 4.78 is 0.844. The molecule has 1 aliphatic heterocycles. The minimum atomic E-state index is -0.898. The molecule has 0 aromatic heterocycles. The van der Waals surface area contributed by atoms with E-state index < -0.39 is 17.3 Å². The molecule has 1 amide bonds. The van der Waals surface area contributed by atoms with E-state index in [1.165, 1.54) is 0 Å². The van der Waals surface area contributed by atoms with Gasteiger partial charge in [0, 0.05) is 4.47 Å². The highest BCUT2D eigenvalue weighted by atomic mass is 79.9. The molecular formula is C12H10BrNO3. The maximum absolute atomic E-state index is 12.0. The first-order valence-electron chi connectivity index (χ1n) is 5.32. The lowest BCUT2D eigenvalue weighted by molar-refractivity contribution is -0.140. The minimum absolute atomic E-state index is 0.189. The second kappa shape index (κ2) is 3.10. The molecule has 1 spiro atoms. The molecule has 1 heterocycles. The lowest BCUT2D eigenvalue weighted by Crippen LogP contribution is -2.24. The Bertz CT molecular complexity index is 569. The number of fused-ring (bicyclic) bond motifs is 2. The smallest absolute Gasteiger partial charge is 0.307 e. The summed E-state index contributed by atoms with van der Waals surface area (Å²) in [5, 5.41) is 11.8. The number of hydrogen-bond donors (Lipinski definition) is 2. The number of halogens is 1. The van der Waals surface area contributed by atoms with Gasteiger partial charge in [0.15, 0.2) is 0 Å². The Morgan fingerprint density at radius 1 is 1.59 bits per heavy atom. The summed E-state index contributed by atoms with van der Waals surface area (Å²) in [6.07, 6.45) is 0.399. The lowest BCUT2D eigenvalue weighted by atomic mass is 9.94. The highest BCUT2D eigenvalue weighted by Crippen LogP contribution is 2.61. The van der Waals surface area contributed by atoms with Crippen LogP contribution in [0.25, 0.3) is 0 Å². The zero-order valence-corrected chi connectivity index (χ0v) is 10.7. The zero-order chi connectivity index (χ0) is 12.4. The van der Waals surface area contributed by atoms with Gasteiger partial charge < -0.3 is 10.4 Å². The van der Waals surface area contributed by atoms with Crippen LogP contribution in [0, 0.1) is 12.8 Å². The number of carbonyl (C=O) groups excluding carboxylic acids is 1. The molecule has 5 heteroatoms. The SMILES string of the molecule is Cc1ccc2c(c1Br)NC(=O)C21CC1C(=O)O. The van der Waals surface area contributed by atoms with Gasteiger partial charge in [0.25, 0.3) is 0 Å². The molecule has 4 nitrogen and oxygen atoms in total. The highest BCUT2D eigenvalue weighted by molar-refractivity contribution is 9.10. The first kappa shape index (κ1) is 10.8. The van der Waals surface area contributed by atoms with Crippen LogP contribution >= 0.6 is 15.9 Å². The van der Waals surface area contributed by atoms with Crippen molar-refractivity contribution in [1.82, 2.24) is 0 Å². The van der Waals surface area contributed by atoms with Gasteiger partial charge in [-0.15, -0.1) is 0 Å². The molecule has 2 atom stereocenters. The van der Waals surface area contributed by atoms with Gasteiger partial charge in [-0.2, -0.15) is 0 Å². The second-order valence-corrected chi connectivity index (χ2v) is 5.43. The predicted octanol–water partition coefficient (Wildman–Crippen LogP) is 2.05. The van der Waals surface area contributed by atoms with Gasteiger partial charge in [0.2, 0.25) is 5.91 Å². The van der Waals surface area contributed by atoms with Crippen LogP contribution in [0.2, 0.25) is 0 Å². The van der Waals surface area contributed by atoms with E-state index in [2.05, 4.69) is 21.2 Å². The number of aryl methyl sites for hydroxylation is 1. The fourth-order valence-corrected chi connectivity index (χ4v) is 3.08. The Kier molecular flexibility index (Phi) is 1.96. The van der Waals surface area contributed by atoms with Crippen LogP contribution < -0.4 is 5.32 Å². The quantitative estimate of drug-likeness (QED) is 0.833. The Balaban J connectivity index is 2.17. The van der Waals surface area contributed by atoms with E-state index in [-0.39, 0.29) is 5.91 Å². The Hall–Kier alpha value is -1.36. The summed E-state index contributed by atoms with van der Waals surface area (Å²) in [6.45, 7) is 1.93. The van der Waals surface area contributed by atoms with Gasteiger partial charge in [-0.3, -0.25) is 9.59 Å². The number of amides is 1. The predicted molar refractivity (Wildman–Crippen MR) is 64.9 cm³/mol. The van der Waals surface area contributed by atoms with Crippen LogP contribution in [0.5, 0.6) is 0 Å². The van der Waals surface area contributed by atoms with Gasteiger partial charge in [0.05, 0.1) is 17.0 Å². The van der Waals surface area contributed by atoms with Crippen LogP contribution in [-0.4, -0.2) is 17.0 Å². The van der Waals surface area contributed by atoms with Crippen LogP contribution in [0.1, 0.15) is 17.5 Å². The average molecular weight is 296 g/mol. The third-order valence-electron chi connectivity index (χ3n) is 3.72. The number of anilines is 1. The second-order valence-electron chi connectivity index (χ2n) is 4.64. The van der Waals surface area contributed by atoms with Crippen LogP contribution in [0.4, 0.5) is 5.69 Å². The summed E-state index contributed by atoms with van der Waals surface area (Å²) in [5.74, 6) is -1.67. The summed E-state index contributed by atoms with van der Waals surface area (Å²) in [7, 11) is 0. The number of carbonyl (C=O) groups is 2. The molecule has 1 aromatic carbocycles. The van der Waals surface area contributed by atoms with E-state index in [1.54, 1.807) is 0 Å². The van der Waals surface area contributed by atoms with Gasteiger partial charge in [-0.1, -0.05) is 12.1 Å². The highest BCUT2D eigenvalue weighted by Gasteiger charge is 2.68. The van der Waals surface area contributed by atoms with Crippen molar-refractivity contribution in [3.05, 3.63) is 27.7 Å². The summed E-state index contributed by atoms with van der Waals surface area (Å²) in [5.41, 5.74) is 1.75. The maximum Gasteiger partial charge on any atom is 0.307 e. The summed E-state index contributed by atoms with van der Waals surface area (Å²) in [4.78, 5) is 23.0. The van der Waals surface area contributed by atoms with E-state index in [0.717, 1.165) is 21.3 Å². The van der Waals surface area contributed by atoms with Crippen molar-refractivity contribution in [2.24, 2.45) is 5.92 Å². The van der Waals surface area contributed by atoms with Crippen LogP contribution in [0.3, 0.4) is 0 Å². The van der Waals surface area contributed by atoms with Gasteiger partial charge in [0.1, 0.15) is 0 Å². The van der Waals surface area contributed by atoms with Crippen molar-refractivity contribution >= 4 is 33.5 Å². The summed E-state index contributed by atoms with van der Waals surface area (Å²) >= 11 is 3.43. The molecule has 1 aliphatic carbocycles. The van der Waals surface area contributed by atoms with Crippen LogP contribution in [-0.2, 0) is 15.0 Å². The molecule has 2 unspecified atom stereocenters. The molecule has 0 saturated heterocycles. The molecule has 0 bridgehead atoms. The van der Waals surface area contributed by atoms with E-state index in [1.807, 2.05) is 19.1 Å². The van der Waals surface area contributed by atoms with E-state index in [0.29, 0.717) is 6.42 Å². The number of carboxylic acids is 1. The first-order valence-corrected chi connectivity index (χ1v) is 6.11. The molecule has 1 fully saturated rings. The average Bonchev–Trinajstić information content (AvgIpc) is 2.94. The van der Waals surface area contributed by atoms with Crippen molar-refractivity contribution in [2.75, 3.05) is 5.32 Å². The third-order valence-corrected chi connectivity index (χ3v) is 4.74. The van der Waals surface area contributed by atoms with Gasteiger partial charge in [-0.25, -0.2) is 0 Å². The van der Waals surface area contributed by atoms with Gasteiger partial charge in [-0.05, 0) is 40.4 Å². The number of benzene rings is 1. The molecule has 2 N–H and O–H groups in total. The number of rotatable bonds is 1. The molecule has 88 valence electrons. The molecule has 1 saturated carbocycles. The van der Waals surface area contributed by atoms with E-state index in [4.69, 9.17) is 5.11 Å². The molecule has 3 rings (SSSR count). The van der Waals surface area contributed by atoms with E-state index >= 15 is 0 Å². The zero-order valence-electron chi connectivity index (χ0n) is 9.08. The van der Waals surface area contributed by atoms with Crippen molar-refractivity contribution in [3.8, 4) is 0 Å². The van der Waals surface area contributed by atoms with Crippen LogP contribution in [0.15, 0.2) is 16.6 Å². The summed E-state index contributed by atoms with van der Waals surface area (Å²) in [6, 6.07) is 3.76. The molecule has 2 aliphatic rings. The monoisotopic (exact) mass is 295 g/mol. The molecule has 0 radical (unpaired) electrons. The van der Waals surface area contributed by atoms with Gasteiger partial charge >= 0.3 is 5.97 Å². The third kappa shape index (κ3) is 1.17. The Labute approximate surface area is 106 Å². The van der Waals surface area contributed by atoms with Crippen molar-refractivity contribution in [3.63, 3.8) is 0 Å². The molecular weight excluding hydrogens is 286 g/mol. The van der Waals surface area contributed by atoms with Crippen molar-refractivity contribution in [1.29, 1.82) is 0 Å². The number of hydrogen-bond acceptors (Lipinski definition) is 2. The molecule has 17 heavy (non-hydrogen) atoms. The number of aliphatic carboxylic acids is 1. The Morgan fingerprint density at radius 3 is 2.88 bits per heavy atom. The van der Waals surface area contributed by atoms with E-state index in [9.17, 15) is 9.59 Å². The topological polar surface area (TPSA) is 66.4 Å². The number of carboxylic acid groups (broad SMARTS) is 1.